The van der Waals surface area contributed by atoms with E-state index >= 15 is 0 Å². The number of aromatic nitrogens is 1. The zero-order valence-electron chi connectivity index (χ0n) is 15.6. The van der Waals surface area contributed by atoms with Gasteiger partial charge >= 0.3 is 5.76 Å². The van der Waals surface area contributed by atoms with Gasteiger partial charge in [0.05, 0.1) is 5.52 Å². The van der Waals surface area contributed by atoms with E-state index in [1.807, 2.05) is 18.2 Å². The number of nitrogens with two attached hydrogens (primary N) is 1. The van der Waals surface area contributed by atoms with E-state index in [9.17, 15) is 9.59 Å². The molecule has 28 heavy (non-hydrogen) atoms. The van der Waals surface area contributed by atoms with E-state index in [0.29, 0.717) is 29.1 Å². The van der Waals surface area contributed by atoms with E-state index in [4.69, 9.17) is 10.2 Å². The number of oxazole rings is 1. The van der Waals surface area contributed by atoms with Crippen LogP contribution >= 0.6 is 0 Å². The molecule has 7 nitrogen and oxygen atoms in total. The summed E-state index contributed by atoms with van der Waals surface area (Å²) >= 11 is 0. The maximum absolute atomic E-state index is 12.3. The highest BCUT2D eigenvalue weighted by molar-refractivity contribution is 5.92. The summed E-state index contributed by atoms with van der Waals surface area (Å²) in [6, 6.07) is 15.5. The molecule has 1 amide bonds. The summed E-state index contributed by atoms with van der Waals surface area (Å²) in [5.74, 6) is -0.265. The summed E-state index contributed by atoms with van der Waals surface area (Å²) in [6.07, 6.45) is 1.16. The summed E-state index contributed by atoms with van der Waals surface area (Å²) in [6.45, 7) is 2.65. The second kappa shape index (κ2) is 8.00. The normalized spacial score (nSPS) is 19.9. The van der Waals surface area contributed by atoms with Crippen molar-refractivity contribution in [2.45, 2.75) is 25.4 Å². The topological polar surface area (TPSA) is 104 Å². The van der Waals surface area contributed by atoms with E-state index in [2.05, 4.69) is 27.3 Å². The quantitative estimate of drug-likeness (QED) is 0.609. The third-order valence-corrected chi connectivity index (χ3v) is 5.26. The van der Waals surface area contributed by atoms with Gasteiger partial charge in [-0.1, -0.05) is 30.3 Å². The molecule has 1 fully saturated rings. The molecule has 146 valence electrons. The smallest absolute Gasteiger partial charge is 0.408 e. The Labute approximate surface area is 162 Å². The molecule has 0 radical (unpaired) electrons. The number of carbonyl (C=O) groups excluding carboxylic acids is 1. The number of carbonyl (C=O) groups is 1. The van der Waals surface area contributed by atoms with Crippen LogP contribution in [-0.4, -0.2) is 34.9 Å². The van der Waals surface area contributed by atoms with Crippen LogP contribution in [0.5, 0.6) is 0 Å². The van der Waals surface area contributed by atoms with Crippen molar-refractivity contribution in [3.05, 3.63) is 64.6 Å². The molecule has 0 unspecified atom stereocenters. The Bertz CT molecular complexity index is 1010. The summed E-state index contributed by atoms with van der Waals surface area (Å²) in [5, 5.41) is 2.86. The van der Waals surface area contributed by atoms with Gasteiger partial charge in [0.2, 0.25) is 5.91 Å². The molecule has 1 saturated heterocycles. The number of nitrogens with zero attached hydrogens (tertiary/aromatic N) is 1. The zero-order chi connectivity index (χ0) is 19.5. The van der Waals surface area contributed by atoms with Crippen LogP contribution < -0.4 is 16.8 Å². The number of amides is 1. The zero-order valence-corrected chi connectivity index (χ0v) is 15.6. The molecule has 1 aromatic heterocycles. The Hall–Kier alpha value is -2.90. The largest absolute Gasteiger partial charge is 0.417 e. The van der Waals surface area contributed by atoms with Crippen molar-refractivity contribution >= 4 is 22.7 Å². The van der Waals surface area contributed by atoms with Gasteiger partial charge in [0.1, 0.15) is 0 Å². The monoisotopic (exact) mass is 380 g/mol. The predicted octanol–water partition coefficient (Wildman–Crippen LogP) is 2.30. The summed E-state index contributed by atoms with van der Waals surface area (Å²) in [4.78, 5) is 28.5. The lowest BCUT2D eigenvalue weighted by molar-refractivity contribution is -0.116. The fourth-order valence-corrected chi connectivity index (χ4v) is 3.83. The van der Waals surface area contributed by atoms with Crippen molar-refractivity contribution in [3.63, 3.8) is 0 Å². The van der Waals surface area contributed by atoms with Gasteiger partial charge in [-0.25, -0.2) is 4.79 Å². The maximum atomic E-state index is 12.3. The molecular weight excluding hydrogens is 356 g/mol. The van der Waals surface area contributed by atoms with E-state index in [1.165, 1.54) is 5.56 Å². The van der Waals surface area contributed by atoms with Gasteiger partial charge in [-0.2, -0.15) is 0 Å². The molecule has 1 aliphatic heterocycles. The first-order chi connectivity index (χ1) is 13.6. The van der Waals surface area contributed by atoms with Crippen LogP contribution in [0.1, 0.15) is 18.4 Å². The van der Waals surface area contributed by atoms with Crippen molar-refractivity contribution in [1.82, 2.24) is 9.88 Å². The minimum absolute atomic E-state index is 0.0639. The second-order valence-electron chi connectivity index (χ2n) is 7.42. The van der Waals surface area contributed by atoms with Crippen molar-refractivity contribution < 1.29 is 9.21 Å². The number of H-pyrrole nitrogens is 1. The number of nitrogens with one attached hydrogen (secondary N) is 2. The molecule has 3 aromatic rings. The van der Waals surface area contributed by atoms with Gasteiger partial charge in [0.15, 0.2) is 5.58 Å². The molecule has 4 N–H and O–H groups in total. The van der Waals surface area contributed by atoms with Crippen LogP contribution in [0.3, 0.4) is 0 Å². The van der Waals surface area contributed by atoms with Gasteiger partial charge in [-0.15, -0.1) is 0 Å². The number of fused-ring (bicyclic) bond motifs is 1. The van der Waals surface area contributed by atoms with Crippen LogP contribution in [0, 0.1) is 5.92 Å². The lowest BCUT2D eigenvalue weighted by Crippen LogP contribution is -2.30. The summed E-state index contributed by atoms with van der Waals surface area (Å²) in [7, 11) is 0. The highest BCUT2D eigenvalue weighted by Crippen LogP contribution is 2.23. The molecule has 4 rings (SSSR count). The summed E-state index contributed by atoms with van der Waals surface area (Å²) < 4.78 is 5.02. The number of rotatable bonds is 6. The highest BCUT2D eigenvalue weighted by atomic mass is 16.4. The maximum Gasteiger partial charge on any atom is 0.417 e. The molecule has 7 heteroatoms. The molecule has 1 aliphatic rings. The summed E-state index contributed by atoms with van der Waals surface area (Å²) in [5.41, 5.74) is 9.24. The molecule has 0 aliphatic carbocycles. The molecule has 0 bridgehead atoms. The molecule has 2 atom stereocenters. The van der Waals surface area contributed by atoms with Gasteiger partial charge in [-0.05, 0) is 30.0 Å². The Kier molecular flexibility index (Phi) is 5.27. The average molecular weight is 380 g/mol. The molecule has 0 saturated carbocycles. The second-order valence-corrected chi connectivity index (χ2v) is 7.42. The fraction of sp³-hybridized carbons (Fsp3) is 0.333. The van der Waals surface area contributed by atoms with Crippen molar-refractivity contribution in [1.29, 1.82) is 0 Å². The Morgan fingerprint density at radius 1 is 1.21 bits per heavy atom. The minimum Gasteiger partial charge on any atom is -0.408 e. The van der Waals surface area contributed by atoms with E-state index in [0.717, 1.165) is 26.1 Å². The van der Waals surface area contributed by atoms with Crippen LogP contribution in [0.4, 0.5) is 5.69 Å². The molecule has 2 heterocycles. The third-order valence-electron chi connectivity index (χ3n) is 5.26. The standard InChI is InChI=1S/C21H24N4O3/c22-17-13-25(11-14-4-2-1-3-5-14)12-15(17)6-9-20(26)23-16-7-8-18-19(10-16)28-21(27)24-18/h1-5,7-8,10,15,17H,6,9,11-13,22H2,(H,23,26)(H,24,27)/t15-,17+/m1/s1. The highest BCUT2D eigenvalue weighted by Gasteiger charge is 2.30. The van der Waals surface area contributed by atoms with Crippen LogP contribution in [0.15, 0.2) is 57.7 Å². The number of hydrogen-bond donors (Lipinski definition) is 3. The Balaban J connectivity index is 1.28. The van der Waals surface area contributed by atoms with Crippen molar-refractivity contribution in [3.8, 4) is 0 Å². The first-order valence-corrected chi connectivity index (χ1v) is 9.51. The predicted molar refractivity (Wildman–Crippen MR) is 108 cm³/mol. The van der Waals surface area contributed by atoms with E-state index in [1.54, 1.807) is 18.2 Å². The van der Waals surface area contributed by atoms with E-state index in [-0.39, 0.29) is 11.9 Å². The van der Waals surface area contributed by atoms with Crippen LogP contribution in [0.25, 0.3) is 11.1 Å². The van der Waals surface area contributed by atoms with Gasteiger partial charge in [-0.3, -0.25) is 14.7 Å². The van der Waals surface area contributed by atoms with Crippen molar-refractivity contribution in [2.24, 2.45) is 11.7 Å². The Morgan fingerprint density at radius 2 is 2.04 bits per heavy atom. The third kappa shape index (κ3) is 4.32. The number of aromatic amines is 1. The van der Waals surface area contributed by atoms with Crippen molar-refractivity contribution in [2.75, 3.05) is 18.4 Å². The average Bonchev–Trinajstić information content (AvgIpc) is 3.21. The Morgan fingerprint density at radius 3 is 2.86 bits per heavy atom. The number of benzene rings is 2. The van der Waals surface area contributed by atoms with Gasteiger partial charge in [0.25, 0.3) is 0 Å². The molecular formula is C21H24N4O3. The molecule has 2 aromatic carbocycles. The van der Waals surface area contributed by atoms with Crippen LogP contribution in [0.2, 0.25) is 0 Å². The SMILES string of the molecule is N[C@H]1CN(Cc2ccccc2)C[C@H]1CCC(=O)Nc1ccc2[nH]c(=O)oc2c1. The van der Waals surface area contributed by atoms with Gasteiger partial charge in [0, 0.05) is 43.9 Å². The fourth-order valence-electron chi connectivity index (χ4n) is 3.83. The van der Waals surface area contributed by atoms with Crippen LogP contribution in [-0.2, 0) is 11.3 Å². The number of anilines is 1. The first-order valence-electron chi connectivity index (χ1n) is 9.51. The number of hydrogen-bond acceptors (Lipinski definition) is 5. The van der Waals surface area contributed by atoms with Gasteiger partial charge < -0.3 is 15.5 Å². The first kappa shape index (κ1) is 18.5. The minimum atomic E-state index is -0.506. The number of likely N-dealkylation sites (tertiary alicyclic amines) is 1. The lowest BCUT2D eigenvalue weighted by atomic mass is 9.98. The molecule has 0 spiro atoms. The lowest BCUT2D eigenvalue weighted by Gasteiger charge is -2.15. The van der Waals surface area contributed by atoms with E-state index < -0.39 is 5.76 Å².